The molecule has 0 radical (unpaired) electrons. The first-order chi connectivity index (χ1) is 8.22. The highest BCUT2D eigenvalue weighted by Crippen LogP contribution is 2.25. The van der Waals surface area contributed by atoms with Crippen LogP contribution in [0.1, 0.15) is 32.8 Å². The largest absolute Gasteiger partial charge is 0.372 e. The van der Waals surface area contributed by atoms with Crippen molar-refractivity contribution in [1.29, 1.82) is 0 Å². The molecule has 0 aliphatic rings. The molecule has 0 aromatic heterocycles. The third kappa shape index (κ3) is 4.21. The summed E-state index contributed by atoms with van der Waals surface area (Å²) in [6, 6.07) is 6.17. The number of rotatable bonds is 7. The smallest absolute Gasteiger partial charge is 0.0426 e. The first kappa shape index (κ1) is 14.3. The van der Waals surface area contributed by atoms with Crippen molar-refractivity contribution in [3.63, 3.8) is 0 Å². The van der Waals surface area contributed by atoms with E-state index in [-0.39, 0.29) is 0 Å². The van der Waals surface area contributed by atoms with Crippen molar-refractivity contribution in [3.8, 4) is 0 Å². The zero-order chi connectivity index (χ0) is 12.7. The summed E-state index contributed by atoms with van der Waals surface area (Å²) < 4.78 is 0. The van der Waals surface area contributed by atoms with Crippen molar-refractivity contribution < 1.29 is 0 Å². The first-order valence-corrected chi connectivity index (χ1v) is 6.84. The number of hydrogen-bond acceptors (Lipinski definition) is 2. The predicted molar refractivity (Wildman–Crippen MR) is 77.0 cm³/mol. The minimum Gasteiger partial charge on any atom is -0.372 e. The minimum absolute atomic E-state index is 0.815. The Hall–Kier alpha value is -0.730. The summed E-state index contributed by atoms with van der Waals surface area (Å²) in [5, 5.41) is 4.19. The summed E-state index contributed by atoms with van der Waals surface area (Å²) in [5.74, 6) is 0. The third-order valence-electron chi connectivity index (χ3n) is 2.83. The van der Waals surface area contributed by atoms with E-state index in [1.165, 1.54) is 11.3 Å². The molecule has 0 aliphatic heterocycles. The highest BCUT2D eigenvalue weighted by molar-refractivity contribution is 6.30. The fourth-order valence-corrected chi connectivity index (χ4v) is 2.13. The van der Waals surface area contributed by atoms with Crippen LogP contribution in [0.2, 0.25) is 5.02 Å². The fraction of sp³-hybridized carbons (Fsp3) is 0.571. The van der Waals surface area contributed by atoms with Gasteiger partial charge >= 0.3 is 0 Å². The molecule has 1 aromatic carbocycles. The first-order valence-electron chi connectivity index (χ1n) is 6.47. The van der Waals surface area contributed by atoms with E-state index in [0.29, 0.717) is 0 Å². The van der Waals surface area contributed by atoms with E-state index in [1.807, 2.05) is 6.07 Å². The highest BCUT2D eigenvalue weighted by Gasteiger charge is 2.09. The number of anilines is 1. The van der Waals surface area contributed by atoms with Crippen molar-refractivity contribution in [2.24, 2.45) is 0 Å². The Kier molecular flexibility index (Phi) is 6.38. The van der Waals surface area contributed by atoms with Crippen molar-refractivity contribution in [1.82, 2.24) is 5.32 Å². The van der Waals surface area contributed by atoms with Gasteiger partial charge < -0.3 is 10.2 Å². The quantitative estimate of drug-likeness (QED) is 0.799. The van der Waals surface area contributed by atoms with Crippen LogP contribution in [0.25, 0.3) is 0 Å². The normalized spacial score (nSPS) is 10.6. The molecule has 0 bridgehead atoms. The molecule has 1 rings (SSSR count). The van der Waals surface area contributed by atoms with Crippen LogP contribution in [0.3, 0.4) is 0 Å². The van der Waals surface area contributed by atoms with Gasteiger partial charge in [-0.05, 0) is 37.6 Å². The van der Waals surface area contributed by atoms with E-state index in [4.69, 9.17) is 11.6 Å². The summed E-state index contributed by atoms with van der Waals surface area (Å²) >= 11 is 6.10. The van der Waals surface area contributed by atoms with Crippen molar-refractivity contribution in [3.05, 3.63) is 28.8 Å². The minimum atomic E-state index is 0.815. The van der Waals surface area contributed by atoms with Gasteiger partial charge in [-0.25, -0.2) is 0 Å². The number of halogens is 1. The molecule has 17 heavy (non-hydrogen) atoms. The van der Waals surface area contributed by atoms with Crippen molar-refractivity contribution in [2.75, 3.05) is 24.5 Å². The lowest BCUT2D eigenvalue weighted by atomic mass is 10.1. The maximum absolute atomic E-state index is 6.10. The van der Waals surface area contributed by atoms with E-state index < -0.39 is 0 Å². The van der Waals surface area contributed by atoms with Crippen LogP contribution in [-0.4, -0.2) is 19.6 Å². The second-order valence-corrected chi connectivity index (χ2v) is 4.57. The zero-order valence-electron chi connectivity index (χ0n) is 11.1. The molecule has 3 heteroatoms. The number of benzene rings is 1. The van der Waals surface area contributed by atoms with Gasteiger partial charge in [-0.15, -0.1) is 0 Å². The number of hydrogen-bond donors (Lipinski definition) is 1. The molecule has 0 unspecified atom stereocenters. The Bertz CT molecular complexity index is 339. The second-order valence-electron chi connectivity index (χ2n) is 4.13. The van der Waals surface area contributed by atoms with Crippen LogP contribution >= 0.6 is 11.6 Å². The third-order valence-corrected chi connectivity index (χ3v) is 3.06. The molecule has 1 aromatic rings. The number of nitrogens with one attached hydrogen (secondary N) is 1. The Balaban J connectivity index is 2.95. The van der Waals surface area contributed by atoms with Gasteiger partial charge in [0.25, 0.3) is 0 Å². The van der Waals surface area contributed by atoms with Crippen LogP contribution in [0.5, 0.6) is 0 Å². The van der Waals surface area contributed by atoms with Gasteiger partial charge in [0.05, 0.1) is 0 Å². The molecule has 0 atom stereocenters. The Labute approximate surface area is 110 Å². The second kappa shape index (κ2) is 7.57. The maximum Gasteiger partial charge on any atom is 0.0426 e. The predicted octanol–water partition coefficient (Wildman–Crippen LogP) is 3.69. The highest BCUT2D eigenvalue weighted by atomic mass is 35.5. The maximum atomic E-state index is 6.10. The van der Waals surface area contributed by atoms with Gasteiger partial charge in [-0.3, -0.25) is 0 Å². The summed E-state index contributed by atoms with van der Waals surface area (Å²) in [6.45, 7) is 10.5. The van der Waals surface area contributed by atoms with Crippen LogP contribution < -0.4 is 10.2 Å². The van der Waals surface area contributed by atoms with Gasteiger partial charge in [-0.2, -0.15) is 0 Å². The molecular weight excluding hydrogens is 232 g/mol. The molecule has 0 amide bonds. The van der Waals surface area contributed by atoms with E-state index in [1.54, 1.807) is 0 Å². The van der Waals surface area contributed by atoms with Gasteiger partial charge in [0.2, 0.25) is 0 Å². The lowest BCUT2D eigenvalue weighted by molar-refractivity contribution is 0.716. The molecule has 0 fully saturated rings. The van der Waals surface area contributed by atoms with Crippen LogP contribution in [0.4, 0.5) is 5.69 Å². The van der Waals surface area contributed by atoms with E-state index in [9.17, 15) is 0 Å². The van der Waals surface area contributed by atoms with Gasteiger partial charge in [0, 0.05) is 30.3 Å². The monoisotopic (exact) mass is 254 g/mol. The van der Waals surface area contributed by atoms with Crippen LogP contribution in [-0.2, 0) is 6.54 Å². The summed E-state index contributed by atoms with van der Waals surface area (Å²) in [5.41, 5.74) is 2.59. The van der Waals surface area contributed by atoms with Gasteiger partial charge in [0.1, 0.15) is 0 Å². The van der Waals surface area contributed by atoms with Gasteiger partial charge in [-0.1, -0.05) is 31.5 Å². The molecule has 2 nitrogen and oxygen atoms in total. The van der Waals surface area contributed by atoms with Crippen molar-refractivity contribution in [2.45, 2.75) is 33.7 Å². The number of nitrogens with zero attached hydrogens (tertiary/aromatic N) is 1. The zero-order valence-corrected chi connectivity index (χ0v) is 11.8. The Morgan fingerprint density at radius 3 is 2.59 bits per heavy atom. The average molecular weight is 255 g/mol. The van der Waals surface area contributed by atoms with Crippen LogP contribution in [0, 0.1) is 0 Å². The summed E-state index contributed by atoms with van der Waals surface area (Å²) in [7, 11) is 0. The average Bonchev–Trinajstić information content (AvgIpc) is 2.34. The molecule has 0 aliphatic carbocycles. The van der Waals surface area contributed by atoms with Crippen LogP contribution in [0.15, 0.2) is 18.2 Å². The molecule has 0 saturated carbocycles. The molecular formula is C14H23ClN2. The molecule has 0 heterocycles. The Morgan fingerprint density at radius 1 is 1.24 bits per heavy atom. The molecule has 96 valence electrons. The molecule has 1 N–H and O–H groups in total. The van der Waals surface area contributed by atoms with E-state index >= 15 is 0 Å². The van der Waals surface area contributed by atoms with E-state index in [0.717, 1.165) is 37.6 Å². The summed E-state index contributed by atoms with van der Waals surface area (Å²) in [4.78, 5) is 2.39. The van der Waals surface area contributed by atoms with E-state index in [2.05, 4.69) is 43.1 Å². The Morgan fingerprint density at radius 2 is 2.00 bits per heavy atom. The van der Waals surface area contributed by atoms with Gasteiger partial charge in [0.15, 0.2) is 0 Å². The lowest BCUT2D eigenvalue weighted by Gasteiger charge is -2.25. The fourth-order valence-electron chi connectivity index (χ4n) is 1.96. The molecule has 0 spiro atoms. The topological polar surface area (TPSA) is 15.3 Å². The standard InChI is InChI=1S/C14H23ClN2/c1-4-9-17(6-3)14-10-13(15)8-7-12(14)11-16-5-2/h7-8,10,16H,4-6,9,11H2,1-3H3. The van der Waals surface area contributed by atoms with Crippen molar-refractivity contribution >= 4 is 17.3 Å². The lowest BCUT2D eigenvalue weighted by Crippen LogP contribution is -2.25. The summed E-state index contributed by atoms with van der Waals surface area (Å²) in [6.07, 6.45) is 1.15. The molecule has 0 saturated heterocycles. The SMILES string of the molecule is CCCN(CC)c1cc(Cl)ccc1CNCC.